The van der Waals surface area contributed by atoms with Crippen molar-refractivity contribution in [2.75, 3.05) is 7.11 Å². The van der Waals surface area contributed by atoms with Gasteiger partial charge in [0.2, 0.25) is 0 Å². The normalized spacial score (nSPS) is 11.4. The predicted molar refractivity (Wildman–Crippen MR) is 54.4 cm³/mol. The SMILES string of the molecule is COOc1cccc(O)c1C(C)(C)C. The lowest BCUT2D eigenvalue weighted by Crippen LogP contribution is -2.13. The van der Waals surface area contributed by atoms with Gasteiger partial charge in [-0.05, 0) is 17.5 Å². The Morgan fingerprint density at radius 1 is 1.21 bits per heavy atom. The Morgan fingerprint density at radius 3 is 2.36 bits per heavy atom. The molecule has 1 N–H and O–H groups in total. The fraction of sp³-hybridized carbons (Fsp3) is 0.455. The Labute approximate surface area is 84.2 Å². The molecule has 0 fully saturated rings. The summed E-state index contributed by atoms with van der Waals surface area (Å²) >= 11 is 0. The highest BCUT2D eigenvalue weighted by Crippen LogP contribution is 2.37. The molecular weight excluding hydrogens is 180 g/mol. The van der Waals surface area contributed by atoms with Crippen LogP contribution in [0.2, 0.25) is 0 Å². The van der Waals surface area contributed by atoms with Gasteiger partial charge in [0, 0.05) is 5.56 Å². The smallest absolute Gasteiger partial charge is 0.172 e. The van der Waals surface area contributed by atoms with E-state index in [1.165, 1.54) is 7.11 Å². The standard InChI is InChI=1S/C11H16O3/c1-11(2,3)10-8(12)6-5-7-9(10)14-13-4/h5-7,12H,1-4H3. The molecule has 0 aliphatic rings. The first-order chi connectivity index (χ1) is 6.46. The van der Waals surface area contributed by atoms with Crippen LogP contribution in [-0.2, 0) is 10.3 Å². The zero-order valence-corrected chi connectivity index (χ0v) is 9.00. The lowest BCUT2D eigenvalue weighted by Gasteiger charge is -2.22. The predicted octanol–water partition coefficient (Wildman–Crippen LogP) is 2.63. The van der Waals surface area contributed by atoms with Crippen LogP contribution in [0.5, 0.6) is 11.5 Å². The summed E-state index contributed by atoms with van der Waals surface area (Å²) in [6.45, 7) is 6.01. The van der Waals surface area contributed by atoms with E-state index in [0.717, 1.165) is 5.56 Å². The summed E-state index contributed by atoms with van der Waals surface area (Å²) in [4.78, 5) is 9.59. The van der Waals surface area contributed by atoms with E-state index in [1.54, 1.807) is 18.2 Å². The van der Waals surface area contributed by atoms with Crippen LogP contribution in [0, 0.1) is 0 Å². The van der Waals surface area contributed by atoms with Gasteiger partial charge in [-0.1, -0.05) is 26.8 Å². The number of aromatic hydroxyl groups is 1. The molecule has 0 saturated heterocycles. The number of phenols is 1. The monoisotopic (exact) mass is 196 g/mol. The second kappa shape index (κ2) is 3.88. The highest BCUT2D eigenvalue weighted by Gasteiger charge is 2.23. The Hall–Kier alpha value is -1.22. The van der Waals surface area contributed by atoms with E-state index < -0.39 is 0 Å². The van der Waals surface area contributed by atoms with E-state index >= 15 is 0 Å². The van der Waals surface area contributed by atoms with Gasteiger partial charge in [-0.25, -0.2) is 0 Å². The van der Waals surface area contributed by atoms with Gasteiger partial charge in [0.15, 0.2) is 5.75 Å². The van der Waals surface area contributed by atoms with Crippen LogP contribution in [0.3, 0.4) is 0 Å². The molecule has 0 aromatic heterocycles. The number of rotatable bonds is 2. The molecule has 0 radical (unpaired) electrons. The quantitative estimate of drug-likeness (QED) is 0.583. The van der Waals surface area contributed by atoms with Crippen molar-refractivity contribution >= 4 is 0 Å². The van der Waals surface area contributed by atoms with Crippen molar-refractivity contribution < 1.29 is 14.9 Å². The maximum absolute atomic E-state index is 9.72. The summed E-state index contributed by atoms with van der Waals surface area (Å²) < 4.78 is 0. The minimum absolute atomic E-state index is 0.181. The van der Waals surface area contributed by atoms with Crippen molar-refractivity contribution in [1.29, 1.82) is 0 Å². The van der Waals surface area contributed by atoms with Gasteiger partial charge in [0.05, 0.1) is 7.11 Å². The van der Waals surface area contributed by atoms with Crippen LogP contribution >= 0.6 is 0 Å². The number of phenolic OH excluding ortho intramolecular Hbond substituents is 1. The molecule has 3 heteroatoms. The summed E-state index contributed by atoms with van der Waals surface area (Å²) in [5.41, 5.74) is 0.570. The van der Waals surface area contributed by atoms with E-state index in [2.05, 4.69) is 4.89 Å². The average molecular weight is 196 g/mol. The van der Waals surface area contributed by atoms with E-state index in [9.17, 15) is 5.11 Å². The van der Waals surface area contributed by atoms with Gasteiger partial charge in [0.1, 0.15) is 5.75 Å². The average Bonchev–Trinajstić information content (AvgIpc) is 2.02. The molecule has 1 aromatic rings. The summed E-state index contributed by atoms with van der Waals surface area (Å²) in [5, 5.41) is 9.72. The van der Waals surface area contributed by atoms with Gasteiger partial charge < -0.3 is 9.99 Å². The van der Waals surface area contributed by atoms with Crippen molar-refractivity contribution in [3.8, 4) is 11.5 Å². The molecule has 0 aliphatic carbocycles. The maximum Gasteiger partial charge on any atom is 0.172 e. The zero-order chi connectivity index (χ0) is 10.8. The summed E-state index contributed by atoms with van der Waals surface area (Å²) in [6, 6.07) is 5.13. The molecule has 1 rings (SSSR count). The first-order valence-corrected chi connectivity index (χ1v) is 4.50. The molecule has 1 aromatic carbocycles. The highest BCUT2D eigenvalue weighted by atomic mass is 17.2. The molecular formula is C11H16O3. The van der Waals surface area contributed by atoms with Crippen LogP contribution < -0.4 is 4.89 Å². The Kier molecular flexibility index (Phi) is 3.01. The number of hydrogen-bond acceptors (Lipinski definition) is 3. The van der Waals surface area contributed by atoms with Crippen molar-refractivity contribution in [3.05, 3.63) is 23.8 Å². The molecule has 3 nitrogen and oxygen atoms in total. The fourth-order valence-electron chi connectivity index (χ4n) is 1.43. The van der Waals surface area contributed by atoms with E-state index in [0.29, 0.717) is 5.75 Å². The second-order valence-electron chi connectivity index (χ2n) is 4.15. The molecule has 0 heterocycles. The Morgan fingerprint density at radius 2 is 1.86 bits per heavy atom. The van der Waals surface area contributed by atoms with Gasteiger partial charge in [-0.2, -0.15) is 4.89 Å². The Balaban J connectivity index is 3.22. The summed E-state index contributed by atoms with van der Waals surface area (Å²) in [5.74, 6) is 0.784. The molecule has 0 spiro atoms. The van der Waals surface area contributed by atoms with Crippen LogP contribution in [0.1, 0.15) is 26.3 Å². The van der Waals surface area contributed by atoms with Crippen LogP contribution in [0.4, 0.5) is 0 Å². The number of hydrogen-bond donors (Lipinski definition) is 1. The van der Waals surface area contributed by atoms with Gasteiger partial charge in [-0.15, -0.1) is 0 Å². The molecule has 0 saturated carbocycles. The molecule has 78 valence electrons. The maximum atomic E-state index is 9.72. The third-order valence-corrected chi connectivity index (χ3v) is 1.93. The van der Waals surface area contributed by atoms with Crippen LogP contribution in [0.25, 0.3) is 0 Å². The highest BCUT2D eigenvalue weighted by molar-refractivity contribution is 5.47. The zero-order valence-electron chi connectivity index (χ0n) is 9.00. The first-order valence-electron chi connectivity index (χ1n) is 4.50. The lowest BCUT2D eigenvalue weighted by molar-refractivity contribution is -0.179. The van der Waals surface area contributed by atoms with Crippen LogP contribution in [-0.4, -0.2) is 12.2 Å². The topological polar surface area (TPSA) is 38.7 Å². The lowest BCUT2D eigenvalue weighted by atomic mass is 9.85. The van der Waals surface area contributed by atoms with Crippen molar-refractivity contribution in [2.45, 2.75) is 26.2 Å². The van der Waals surface area contributed by atoms with Gasteiger partial charge >= 0.3 is 0 Å². The summed E-state index contributed by atoms with van der Waals surface area (Å²) in [6.07, 6.45) is 0. The van der Waals surface area contributed by atoms with Gasteiger partial charge in [0.25, 0.3) is 0 Å². The van der Waals surface area contributed by atoms with Crippen LogP contribution in [0.15, 0.2) is 18.2 Å². The number of benzene rings is 1. The Bertz CT molecular complexity index is 313. The minimum atomic E-state index is -0.181. The van der Waals surface area contributed by atoms with Crippen molar-refractivity contribution in [2.24, 2.45) is 0 Å². The minimum Gasteiger partial charge on any atom is -0.508 e. The van der Waals surface area contributed by atoms with Crippen molar-refractivity contribution in [3.63, 3.8) is 0 Å². The van der Waals surface area contributed by atoms with E-state index in [4.69, 9.17) is 4.89 Å². The van der Waals surface area contributed by atoms with Crippen molar-refractivity contribution in [1.82, 2.24) is 0 Å². The molecule has 0 amide bonds. The van der Waals surface area contributed by atoms with E-state index in [-0.39, 0.29) is 11.2 Å². The summed E-state index contributed by atoms with van der Waals surface area (Å²) in [7, 11) is 1.44. The third-order valence-electron chi connectivity index (χ3n) is 1.93. The molecule has 0 unspecified atom stereocenters. The molecule has 14 heavy (non-hydrogen) atoms. The molecule has 0 aliphatic heterocycles. The second-order valence-corrected chi connectivity index (χ2v) is 4.15. The third kappa shape index (κ3) is 2.17. The molecule has 0 atom stereocenters. The largest absolute Gasteiger partial charge is 0.508 e. The van der Waals surface area contributed by atoms with E-state index in [1.807, 2.05) is 20.8 Å². The fourth-order valence-corrected chi connectivity index (χ4v) is 1.43. The first kappa shape index (κ1) is 10.9. The van der Waals surface area contributed by atoms with Gasteiger partial charge in [-0.3, -0.25) is 0 Å². The molecule has 0 bridgehead atoms.